The first-order valence-electron chi connectivity index (χ1n) is 14.0. The summed E-state index contributed by atoms with van der Waals surface area (Å²) in [5.74, 6) is -0.991. The Morgan fingerprint density at radius 3 is 2.20 bits per heavy atom. The number of nitrogens with zero attached hydrogens (tertiary/aromatic N) is 2. The van der Waals surface area contributed by atoms with E-state index < -0.39 is 47.7 Å². The predicted octanol–water partition coefficient (Wildman–Crippen LogP) is 5.87. The fourth-order valence-electron chi connectivity index (χ4n) is 4.66. The number of halogens is 4. The molecule has 0 spiro atoms. The maximum Gasteiger partial charge on any atom is 0.416 e. The Balaban J connectivity index is 1.52. The number of benzene rings is 3. The van der Waals surface area contributed by atoms with Crippen molar-refractivity contribution in [3.05, 3.63) is 83.7 Å². The summed E-state index contributed by atoms with van der Waals surface area (Å²) in [5, 5.41) is 17.6. The van der Waals surface area contributed by atoms with Gasteiger partial charge in [0, 0.05) is 36.6 Å². The van der Waals surface area contributed by atoms with Crippen LogP contribution in [0.1, 0.15) is 29.8 Å². The van der Waals surface area contributed by atoms with E-state index in [2.05, 4.69) is 16.0 Å². The zero-order valence-corrected chi connectivity index (χ0v) is 24.7. The van der Waals surface area contributed by atoms with Crippen molar-refractivity contribution < 1.29 is 41.8 Å². The lowest BCUT2D eigenvalue weighted by atomic mass is 9.99. The molecule has 0 unspecified atom stereocenters. The van der Waals surface area contributed by atoms with Crippen LogP contribution in [0.2, 0.25) is 0 Å². The Labute approximate surface area is 257 Å². The van der Waals surface area contributed by atoms with Crippen LogP contribution in [-0.2, 0) is 6.18 Å². The van der Waals surface area contributed by atoms with Gasteiger partial charge < -0.3 is 35.6 Å². The third kappa shape index (κ3) is 8.41. The molecule has 1 aliphatic rings. The Morgan fingerprint density at radius 2 is 1.58 bits per heavy atom. The van der Waals surface area contributed by atoms with E-state index in [1.165, 1.54) is 52.3 Å². The zero-order valence-electron chi connectivity index (χ0n) is 24.7. The topological polar surface area (TPSA) is 123 Å². The quantitative estimate of drug-likeness (QED) is 0.243. The van der Waals surface area contributed by atoms with Crippen LogP contribution in [-0.4, -0.2) is 71.8 Å². The third-order valence-corrected chi connectivity index (χ3v) is 7.29. The van der Waals surface area contributed by atoms with Gasteiger partial charge in [-0.1, -0.05) is 6.92 Å². The second-order valence-corrected chi connectivity index (χ2v) is 10.8. The van der Waals surface area contributed by atoms with Gasteiger partial charge >= 0.3 is 18.2 Å². The number of hydrogen-bond donors (Lipinski definition) is 4. The van der Waals surface area contributed by atoms with E-state index in [1.807, 2.05) is 6.92 Å². The summed E-state index contributed by atoms with van der Waals surface area (Å²) in [7, 11) is 1.57. The number of hydrogen-bond acceptors (Lipinski definition) is 5. The summed E-state index contributed by atoms with van der Waals surface area (Å²) in [6.45, 7) is 3.52. The van der Waals surface area contributed by atoms with Crippen LogP contribution in [0.15, 0.2) is 66.7 Å². The number of urea groups is 2. The minimum absolute atomic E-state index is 0.0953. The van der Waals surface area contributed by atoms with Crippen molar-refractivity contribution in [1.29, 1.82) is 0 Å². The molecule has 1 heterocycles. The first kappa shape index (κ1) is 33.1. The van der Waals surface area contributed by atoms with Crippen molar-refractivity contribution in [1.82, 2.24) is 9.80 Å². The van der Waals surface area contributed by atoms with Crippen LogP contribution < -0.4 is 20.7 Å². The summed E-state index contributed by atoms with van der Waals surface area (Å²) in [6, 6.07) is 11.8. The molecule has 3 aromatic carbocycles. The summed E-state index contributed by atoms with van der Waals surface area (Å²) in [6.07, 6.45) is -5.11. The van der Waals surface area contributed by atoms with Crippen molar-refractivity contribution in [3.63, 3.8) is 0 Å². The molecule has 0 aromatic heterocycles. The lowest BCUT2D eigenvalue weighted by Gasteiger charge is -2.38. The van der Waals surface area contributed by atoms with Crippen molar-refractivity contribution in [2.24, 2.45) is 5.92 Å². The second kappa shape index (κ2) is 13.8. The molecule has 5 amide bonds. The number of carbonyl (C=O) groups is 3. The van der Waals surface area contributed by atoms with Gasteiger partial charge in [0.25, 0.3) is 5.91 Å². The van der Waals surface area contributed by atoms with E-state index in [0.717, 1.165) is 24.3 Å². The van der Waals surface area contributed by atoms with Crippen molar-refractivity contribution in [2.45, 2.75) is 32.2 Å². The lowest BCUT2D eigenvalue weighted by molar-refractivity contribution is -0.137. The molecule has 1 aliphatic heterocycles. The van der Waals surface area contributed by atoms with Gasteiger partial charge in [-0.3, -0.25) is 4.79 Å². The van der Waals surface area contributed by atoms with Crippen LogP contribution in [0.4, 0.5) is 44.2 Å². The van der Waals surface area contributed by atoms with Gasteiger partial charge in [0.15, 0.2) is 0 Å². The molecular weight excluding hydrogens is 598 g/mol. The molecule has 4 N–H and O–H groups in total. The van der Waals surface area contributed by atoms with E-state index >= 15 is 0 Å². The van der Waals surface area contributed by atoms with Crippen molar-refractivity contribution in [3.8, 4) is 5.75 Å². The molecule has 0 radical (unpaired) electrons. The maximum atomic E-state index is 13.7. The van der Waals surface area contributed by atoms with E-state index in [4.69, 9.17) is 4.74 Å². The molecule has 0 saturated heterocycles. The Bertz CT molecular complexity index is 1520. The molecular formula is C31H33F4N5O5. The first-order valence-corrected chi connectivity index (χ1v) is 14.0. The predicted molar refractivity (Wildman–Crippen MR) is 160 cm³/mol. The number of nitrogens with one attached hydrogen (secondary N) is 3. The molecule has 240 valence electrons. The summed E-state index contributed by atoms with van der Waals surface area (Å²) >= 11 is 0. The summed E-state index contributed by atoms with van der Waals surface area (Å²) in [5.41, 5.74) is -0.0343. The van der Waals surface area contributed by atoms with Crippen LogP contribution in [0.25, 0.3) is 0 Å². The molecule has 14 heteroatoms. The molecule has 0 fully saturated rings. The molecule has 3 atom stereocenters. The number of amides is 5. The SMILES string of the molecule is C[C@H]1CN([C@@H](C)CO)C(=O)c2cc(NC(=O)Nc3ccc(C(F)(F)F)cc3)ccc2O[C@H]1CN(C)C(=O)Nc1ccc(F)cc1. The van der Waals surface area contributed by atoms with Crippen molar-refractivity contribution in [2.75, 3.05) is 42.7 Å². The number of anilines is 3. The zero-order chi connectivity index (χ0) is 32.9. The number of likely N-dealkylation sites (N-methyl/N-ethyl adjacent to an activating group) is 1. The van der Waals surface area contributed by atoms with E-state index in [1.54, 1.807) is 14.0 Å². The van der Waals surface area contributed by atoms with E-state index in [-0.39, 0.29) is 48.3 Å². The molecule has 10 nitrogen and oxygen atoms in total. The van der Waals surface area contributed by atoms with Crippen LogP contribution in [0.5, 0.6) is 5.75 Å². The molecule has 0 aliphatic carbocycles. The highest BCUT2D eigenvalue weighted by atomic mass is 19.4. The van der Waals surface area contributed by atoms with Gasteiger partial charge in [-0.15, -0.1) is 0 Å². The average molecular weight is 632 g/mol. The minimum Gasteiger partial charge on any atom is -0.487 e. The van der Waals surface area contributed by atoms with Gasteiger partial charge in [-0.05, 0) is 73.7 Å². The Morgan fingerprint density at radius 1 is 1.00 bits per heavy atom. The fourth-order valence-corrected chi connectivity index (χ4v) is 4.66. The average Bonchev–Trinajstić information content (AvgIpc) is 2.99. The second-order valence-electron chi connectivity index (χ2n) is 10.8. The number of alkyl halides is 3. The fraction of sp³-hybridized carbons (Fsp3) is 0.323. The van der Waals surface area contributed by atoms with Gasteiger partial charge in [-0.25, -0.2) is 14.0 Å². The molecule has 0 saturated carbocycles. The number of aliphatic hydroxyl groups excluding tert-OH is 1. The Kier molecular flexibility index (Phi) is 10.2. The van der Waals surface area contributed by atoms with Crippen LogP contribution >= 0.6 is 0 Å². The van der Waals surface area contributed by atoms with Crippen LogP contribution in [0.3, 0.4) is 0 Å². The monoisotopic (exact) mass is 631 g/mol. The third-order valence-electron chi connectivity index (χ3n) is 7.29. The number of carbonyl (C=O) groups excluding carboxylic acids is 3. The standard InChI is InChI=1S/C31H33F4N5O5/c1-18-15-40(19(2)17-41)28(42)25-14-24(37-29(43)36-22-8-4-20(5-9-22)31(33,34)35)12-13-26(25)45-27(18)16-39(3)30(44)38-23-10-6-21(32)7-11-23/h4-14,18-19,27,41H,15-17H2,1-3H3,(H,38,44)(H2,36,37,43)/t18-,19-,27-/m0/s1. The maximum absolute atomic E-state index is 13.7. The van der Waals surface area contributed by atoms with Gasteiger partial charge in [0.05, 0.1) is 30.3 Å². The highest BCUT2D eigenvalue weighted by Crippen LogP contribution is 2.32. The van der Waals surface area contributed by atoms with Gasteiger partial charge in [0.1, 0.15) is 17.7 Å². The van der Waals surface area contributed by atoms with Gasteiger partial charge in [0.2, 0.25) is 0 Å². The highest BCUT2D eigenvalue weighted by molar-refractivity contribution is 6.02. The largest absolute Gasteiger partial charge is 0.487 e. The lowest BCUT2D eigenvalue weighted by Crippen LogP contribution is -2.50. The van der Waals surface area contributed by atoms with E-state index in [0.29, 0.717) is 5.69 Å². The van der Waals surface area contributed by atoms with Crippen LogP contribution in [0, 0.1) is 11.7 Å². The molecule has 0 bridgehead atoms. The molecule has 45 heavy (non-hydrogen) atoms. The van der Waals surface area contributed by atoms with E-state index in [9.17, 15) is 37.1 Å². The number of fused-ring (bicyclic) bond motifs is 1. The smallest absolute Gasteiger partial charge is 0.416 e. The van der Waals surface area contributed by atoms with Gasteiger partial charge in [-0.2, -0.15) is 13.2 Å². The normalized spacial score (nSPS) is 17.2. The number of ether oxygens (including phenoxy) is 1. The first-order chi connectivity index (χ1) is 21.2. The summed E-state index contributed by atoms with van der Waals surface area (Å²) in [4.78, 5) is 42.0. The highest BCUT2D eigenvalue weighted by Gasteiger charge is 2.34. The molecule has 4 rings (SSSR count). The minimum atomic E-state index is -4.51. The number of aliphatic hydroxyl groups is 1. The number of rotatable bonds is 7. The summed E-state index contributed by atoms with van der Waals surface area (Å²) < 4.78 is 58.0. The molecule has 3 aromatic rings. The Hall–Kier alpha value is -4.85. The van der Waals surface area contributed by atoms with Crippen molar-refractivity contribution >= 4 is 35.0 Å².